The van der Waals surface area contributed by atoms with Crippen LogP contribution in [0.25, 0.3) is 0 Å². The fraction of sp³-hybridized carbons (Fsp3) is 0.571. The number of rotatable bonds is 5. The zero-order valence-corrected chi connectivity index (χ0v) is 10.8. The summed E-state index contributed by atoms with van der Waals surface area (Å²) in [4.78, 5) is 17.5. The van der Waals surface area contributed by atoms with Crippen molar-refractivity contribution in [3.63, 3.8) is 0 Å². The lowest BCUT2D eigenvalue weighted by atomic mass is 9.95. The monoisotopic (exact) mass is 248 g/mol. The van der Waals surface area contributed by atoms with Crippen LogP contribution in [0.5, 0.6) is 0 Å². The lowest BCUT2D eigenvalue weighted by Crippen LogP contribution is -2.51. The number of carboxylic acid groups (broad SMARTS) is 1. The topological polar surface area (TPSA) is 53.4 Å². The number of hydrogen-bond donors (Lipinski definition) is 1. The maximum absolute atomic E-state index is 11.5. The lowest BCUT2D eigenvalue weighted by molar-refractivity contribution is -0.150. The minimum Gasteiger partial charge on any atom is -0.480 e. The van der Waals surface area contributed by atoms with Crippen LogP contribution >= 0.6 is 0 Å². The van der Waals surface area contributed by atoms with E-state index in [0.717, 1.165) is 38.6 Å². The largest absolute Gasteiger partial charge is 0.480 e. The van der Waals surface area contributed by atoms with Crippen molar-refractivity contribution in [3.8, 4) is 0 Å². The summed E-state index contributed by atoms with van der Waals surface area (Å²) in [5.41, 5.74) is 0.572. The number of likely N-dealkylation sites (N-methyl/N-ethyl adjacent to an activating group) is 1. The highest BCUT2D eigenvalue weighted by Gasteiger charge is 2.44. The molecule has 4 nitrogen and oxygen atoms in total. The van der Waals surface area contributed by atoms with Crippen LogP contribution in [0.2, 0.25) is 0 Å². The van der Waals surface area contributed by atoms with E-state index in [9.17, 15) is 9.90 Å². The van der Waals surface area contributed by atoms with E-state index >= 15 is 0 Å². The smallest absolute Gasteiger partial charge is 0.324 e. The Kier molecular flexibility index (Phi) is 3.97. The molecule has 0 radical (unpaired) electrons. The number of carboxylic acids is 1. The number of pyridine rings is 1. The molecule has 2 rings (SSSR count). The van der Waals surface area contributed by atoms with Crippen LogP contribution in [0.15, 0.2) is 24.5 Å². The molecule has 4 heteroatoms. The highest BCUT2D eigenvalue weighted by molar-refractivity contribution is 5.79. The molecule has 0 bridgehead atoms. The molecular weight excluding hydrogens is 228 g/mol. The Labute approximate surface area is 108 Å². The molecule has 1 aromatic heterocycles. The minimum absolute atomic E-state index is 0.632. The average molecular weight is 248 g/mol. The standard InChI is InChI=1S/C14H20N2O2/c1-16(11-6-12-4-9-15-10-5-12)14(13(17)18)7-2-3-8-14/h4-5,9-10H,2-3,6-8,11H2,1H3,(H,17,18). The lowest BCUT2D eigenvalue weighted by Gasteiger charge is -2.34. The Balaban J connectivity index is 1.98. The predicted octanol–water partition coefficient (Wildman–Crippen LogP) is 1.95. The van der Waals surface area contributed by atoms with Gasteiger partial charge in [-0.3, -0.25) is 14.7 Å². The van der Waals surface area contributed by atoms with Crippen molar-refractivity contribution in [2.45, 2.75) is 37.6 Å². The van der Waals surface area contributed by atoms with E-state index in [4.69, 9.17) is 0 Å². The molecule has 1 aromatic rings. The zero-order chi connectivity index (χ0) is 13.0. The molecule has 1 N–H and O–H groups in total. The van der Waals surface area contributed by atoms with Crippen LogP contribution in [0.3, 0.4) is 0 Å². The molecule has 0 aromatic carbocycles. The van der Waals surface area contributed by atoms with Gasteiger partial charge in [-0.05, 0) is 44.0 Å². The maximum atomic E-state index is 11.5. The zero-order valence-electron chi connectivity index (χ0n) is 10.8. The molecule has 0 spiro atoms. The minimum atomic E-state index is -0.669. The fourth-order valence-corrected chi connectivity index (χ4v) is 2.78. The first-order valence-corrected chi connectivity index (χ1v) is 6.49. The first-order valence-electron chi connectivity index (χ1n) is 6.49. The Morgan fingerprint density at radius 1 is 1.39 bits per heavy atom. The van der Waals surface area contributed by atoms with E-state index in [1.54, 1.807) is 12.4 Å². The van der Waals surface area contributed by atoms with Gasteiger partial charge in [0.05, 0.1) is 0 Å². The first kappa shape index (κ1) is 13.0. The van der Waals surface area contributed by atoms with Gasteiger partial charge < -0.3 is 5.11 Å². The predicted molar refractivity (Wildman–Crippen MR) is 69.4 cm³/mol. The Hall–Kier alpha value is -1.42. The van der Waals surface area contributed by atoms with Crippen LogP contribution in [0.4, 0.5) is 0 Å². The second kappa shape index (κ2) is 5.48. The second-order valence-corrected chi connectivity index (χ2v) is 5.07. The number of nitrogens with zero attached hydrogens (tertiary/aromatic N) is 2. The number of aliphatic carboxylic acids is 1. The van der Waals surface area contributed by atoms with Gasteiger partial charge in [0.1, 0.15) is 5.54 Å². The molecule has 1 aliphatic carbocycles. The van der Waals surface area contributed by atoms with E-state index < -0.39 is 11.5 Å². The van der Waals surface area contributed by atoms with Crippen LogP contribution in [0, 0.1) is 0 Å². The molecule has 98 valence electrons. The van der Waals surface area contributed by atoms with E-state index in [1.807, 2.05) is 24.1 Å². The molecule has 0 amide bonds. The Bertz CT molecular complexity index is 400. The van der Waals surface area contributed by atoms with Crippen molar-refractivity contribution in [1.82, 2.24) is 9.88 Å². The number of carbonyl (C=O) groups is 1. The average Bonchev–Trinajstić information content (AvgIpc) is 2.88. The van der Waals surface area contributed by atoms with E-state index in [-0.39, 0.29) is 0 Å². The molecule has 1 heterocycles. The third-order valence-electron chi connectivity index (χ3n) is 4.04. The van der Waals surface area contributed by atoms with Gasteiger partial charge in [0.15, 0.2) is 0 Å². The van der Waals surface area contributed by atoms with E-state index in [0.29, 0.717) is 0 Å². The molecule has 0 aliphatic heterocycles. The normalized spacial score (nSPS) is 18.1. The second-order valence-electron chi connectivity index (χ2n) is 5.07. The summed E-state index contributed by atoms with van der Waals surface area (Å²) >= 11 is 0. The van der Waals surface area contributed by atoms with Gasteiger partial charge in [-0.15, -0.1) is 0 Å². The number of hydrogen-bond acceptors (Lipinski definition) is 3. The Morgan fingerprint density at radius 3 is 2.56 bits per heavy atom. The van der Waals surface area contributed by atoms with Gasteiger partial charge in [0, 0.05) is 18.9 Å². The molecule has 0 atom stereocenters. The van der Waals surface area contributed by atoms with E-state index in [1.165, 1.54) is 5.56 Å². The fourth-order valence-electron chi connectivity index (χ4n) is 2.78. The van der Waals surface area contributed by atoms with Crippen LogP contribution in [0.1, 0.15) is 31.2 Å². The van der Waals surface area contributed by atoms with E-state index in [2.05, 4.69) is 4.98 Å². The Morgan fingerprint density at radius 2 is 2.00 bits per heavy atom. The van der Waals surface area contributed by atoms with Gasteiger partial charge in [-0.2, -0.15) is 0 Å². The molecular formula is C14H20N2O2. The molecule has 0 saturated heterocycles. The third-order valence-corrected chi connectivity index (χ3v) is 4.04. The summed E-state index contributed by atoms with van der Waals surface area (Å²) < 4.78 is 0. The molecule has 1 saturated carbocycles. The summed E-state index contributed by atoms with van der Waals surface area (Å²) in [6.45, 7) is 0.774. The van der Waals surface area contributed by atoms with Gasteiger partial charge in [0.2, 0.25) is 0 Å². The van der Waals surface area contributed by atoms with Gasteiger partial charge in [0.25, 0.3) is 0 Å². The highest BCUT2D eigenvalue weighted by atomic mass is 16.4. The maximum Gasteiger partial charge on any atom is 0.324 e. The summed E-state index contributed by atoms with van der Waals surface area (Å²) in [5, 5.41) is 9.48. The summed E-state index contributed by atoms with van der Waals surface area (Å²) in [5.74, 6) is -0.669. The van der Waals surface area contributed by atoms with Gasteiger partial charge in [-0.1, -0.05) is 12.8 Å². The molecule has 1 aliphatic rings. The van der Waals surface area contributed by atoms with Crippen LogP contribution in [-0.4, -0.2) is 40.1 Å². The molecule has 18 heavy (non-hydrogen) atoms. The van der Waals surface area contributed by atoms with Crippen LogP contribution < -0.4 is 0 Å². The van der Waals surface area contributed by atoms with Crippen molar-refractivity contribution >= 4 is 5.97 Å². The highest BCUT2D eigenvalue weighted by Crippen LogP contribution is 2.34. The van der Waals surface area contributed by atoms with Gasteiger partial charge >= 0.3 is 5.97 Å². The third kappa shape index (κ3) is 2.53. The van der Waals surface area contributed by atoms with Crippen molar-refractivity contribution in [1.29, 1.82) is 0 Å². The van der Waals surface area contributed by atoms with Crippen molar-refractivity contribution in [2.24, 2.45) is 0 Å². The SMILES string of the molecule is CN(CCc1ccncc1)C1(C(=O)O)CCCC1. The number of aromatic nitrogens is 1. The van der Waals surface area contributed by atoms with Crippen LogP contribution in [-0.2, 0) is 11.2 Å². The van der Waals surface area contributed by atoms with Crippen molar-refractivity contribution < 1.29 is 9.90 Å². The van der Waals surface area contributed by atoms with Crippen molar-refractivity contribution in [2.75, 3.05) is 13.6 Å². The molecule has 0 unspecified atom stereocenters. The molecule has 1 fully saturated rings. The summed E-state index contributed by atoms with van der Waals surface area (Å²) in [6, 6.07) is 3.96. The summed E-state index contributed by atoms with van der Waals surface area (Å²) in [7, 11) is 1.93. The summed E-state index contributed by atoms with van der Waals surface area (Å²) in [6.07, 6.45) is 8.01. The quantitative estimate of drug-likeness (QED) is 0.865. The van der Waals surface area contributed by atoms with Gasteiger partial charge in [-0.25, -0.2) is 0 Å². The van der Waals surface area contributed by atoms with Crippen molar-refractivity contribution in [3.05, 3.63) is 30.1 Å². The first-order chi connectivity index (χ1) is 8.65.